The van der Waals surface area contributed by atoms with Crippen LogP contribution in [0.15, 0.2) is 59.5 Å². The van der Waals surface area contributed by atoms with Crippen LogP contribution in [0, 0.1) is 0 Å². The summed E-state index contributed by atoms with van der Waals surface area (Å²) in [6.45, 7) is 2.79. The summed E-state index contributed by atoms with van der Waals surface area (Å²) in [5, 5.41) is 2.96. The van der Waals surface area contributed by atoms with Gasteiger partial charge in [-0.05, 0) is 37.4 Å². The number of amides is 1. The average molecular weight is 315 g/mol. The molecule has 116 valence electrons. The topological polar surface area (TPSA) is 33.5 Å². The van der Waals surface area contributed by atoms with Crippen molar-refractivity contribution in [2.24, 2.45) is 0 Å². The first kappa shape index (κ1) is 16.6. The van der Waals surface area contributed by atoms with Gasteiger partial charge in [0.25, 0.3) is 5.91 Å². The first-order valence-electron chi connectivity index (χ1n) is 7.41. The lowest BCUT2D eigenvalue weighted by atomic mass is 10.2. The molecule has 2 aromatic carbocycles. The number of para-hydroxylation sites is 1. The molecule has 0 bridgehead atoms. The van der Waals surface area contributed by atoms with Gasteiger partial charge in [-0.2, -0.15) is 0 Å². The number of benzene rings is 2. The third-order valence-electron chi connectivity index (χ3n) is 3.82. The Morgan fingerprint density at radius 1 is 1.14 bits per heavy atom. The van der Waals surface area contributed by atoms with Crippen LogP contribution in [-0.2, 0) is 11.3 Å². The van der Waals surface area contributed by atoms with Gasteiger partial charge in [-0.3, -0.25) is 4.79 Å². The fourth-order valence-electron chi connectivity index (χ4n) is 2.21. The number of quaternary nitrogens is 1. The normalized spacial score (nSPS) is 13.4. The van der Waals surface area contributed by atoms with Crippen LogP contribution < -0.4 is 10.2 Å². The van der Waals surface area contributed by atoms with E-state index in [1.54, 1.807) is 11.8 Å². The Balaban J connectivity index is 1.92. The van der Waals surface area contributed by atoms with Crippen molar-refractivity contribution >= 4 is 23.4 Å². The number of likely N-dealkylation sites (N-methyl/N-ethyl adjacent to an activating group) is 1. The van der Waals surface area contributed by atoms with Gasteiger partial charge in [0.15, 0.2) is 6.04 Å². The quantitative estimate of drug-likeness (QED) is 0.803. The van der Waals surface area contributed by atoms with Gasteiger partial charge < -0.3 is 10.2 Å². The molecular weight excluding hydrogens is 292 g/mol. The minimum Gasteiger partial charge on any atom is -0.324 e. The van der Waals surface area contributed by atoms with E-state index in [2.05, 4.69) is 42.9 Å². The van der Waals surface area contributed by atoms with Crippen LogP contribution in [0.3, 0.4) is 0 Å². The highest BCUT2D eigenvalue weighted by molar-refractivity contribution is 7.98. The predicted octanol–water partition coefficient (Wildman–Crippen LogP) is 2.45. The Morgan fingerprint density at radius 3 is 2.36 bits per heavy atom. The molecule has 4 heteroatoms. The SMILES string of the molecule is CSc1ccc(C[NH+](C)[C@H](C)C(=O)Nc2ccccc2)cc1. The maximum absolute atomic E-state index is 12.3. The zero-order valence-corrected chi connectivity index (χ0v) is 14.1. The fourth-order valence-corrected chi connectivity index (χ4v) is 2.62. The summed E-state index contributed by atoms with van der Waals surface area (Å²) in [4.78, 5) is 14.7. The summed E-state index contributed by atoms with van der Waals surface area (Å²) in [6.07, 6.45) is 2.07. The van der Waals surface area contributed by atoms with E-state index < -0.39 is 0 Å². The minimum atomic E-state index is -0.111. The van der Waals surface area contributed by atoms with E-state index in [1.807, 2.05) is 37.3 Å². The Bertz CT molecular complexity index is 598. The summed E-state index contributed by atoms with van der Waals surface area (Å²) in [6, 6.07) is 18.0. The van der Waals surface area contributed by atoms with Crippen molar-refractivity contribution in [2.45, 2.75) is 24.4 Å². The van der Waals surface area contributed by atoms with Crippen LogP contribution in [0.4, 0.5) is 5.69 Å². The number of thioether (sulfide) groups is 1. The van der Waals surface area contributed by atoms with E-state index in [0.717, 1.165) is 12.2 Å². The van der Waals surface area contributed by atoms with Gasteiger partial charge in [0.05, 0.1) is 7.05 Å². The molecule has 3 nitrogen and oxygen atoms in total. The van der Waals surface area contributed by atoms with Crippen molar-refractivity contribution in [3.63, 3.8) is 0 Å². The van der Waals surface area contributed by atoms with Crippen LogP contribution in [-0.4, -0.2) is 25.3 Å². The van der Waals surface area contributed by atoms with Crippen molar-refractivity contribution in [3.8, 4) is 0 Å². The van der Waals surface area contributed by atoms with Crippen LogP contribution in [0.25, 0.3) is 0 Å². The van der Waals surface area contributed by atoms with Gasteiger partial charge in [-0.25, -0.2) is 0 Å². The Hall–Kier alpha value is -1.78. The molecule has 2 N–H and O–H groups in total. The van der Waals surface area contributed by atoms with Crippen molar-refractivity contribution in [2.75, 3.05) is 18.6 Å². The number of anilines is 1. The lowest BCUT2D eigenvalue weighted by molar-refractivity contribution is -0.907. The van der Waals surface area contributed by atoms with Crippen molar-refractivity contribution in [3.05, 3.63) is 60.2 Å². The smallest absolute Gasteiger partial charge is 0.282 e. The summed E-state index contributed by atoms with van der Waals surface area (Å²) >= 11 is 1.74. The molecule has 0 aliphatic heterocycles. The predicted molar refractivity (Wildman–Crippen MR) is 93.3 cm³/mol. The third-order valence-corrected chi connectivity index (χ3v) is 4.56. The summed E-state index contributed by atoms with van der Waals surface area (Å²) < 4.78 is 0. The number of nitrogens with one attached hydrogen (secondary N) is 2. The van der Waals surface area contributed by atoms with Gasteiger partial charge in [-0.15, -0.1) is 11.8 Å². The van der Waals surface area contributed by atoms with Crippen molar-refractivity contribution in [1.29, 1.82) is 0 Å². The highest BCUT2D eigenvalue weighted by Crippen LogP contribution is 2.14. The van der Waals surface area contributed by atoms with Gasteiger partial charge in [0, 0.05) is 16.1 Å². The largest absolute Gasteiger partial charge is 0.324 e. The molecule has 22 heavy (non-hydrogen) atoms. The highest BCUT2D eigenvalue weighted by Gasteiger charge is 2.21. The molecule has 0 saturated heterocycles. The standard InChI is InChI=1S/C18H22N2OS/c1-14(18(21)19-16-7-5-4-6-8-16)20(2)13-15-9-11-17(22-3)12-10-15/h4-12,14H,13H2,1-3H3,(H,19,21)/p+1/t14-/m1/s1. The maximum atomic E-state index is 12.3. The van der Waals surface area contributed by atoms with E-state index in [-0.39, 0.29) is 11.9 Å². The molecule has 0 aliphatic carbocycles. The van der Waals surface area contributed by atoms with E-state index >= 15 is 0 Å². The number of rotatable bonds is 6. The molecule has 0 heterocycles. The second kappa shape index (κ2) is 8.01. The summed E-state index contributed by atoms with van der Waals surface area (Å²) in [7, 11) is 2.05. The van der Waals surface area contributed by atoms with E-state index in [0.29, 0.717) is 0 Å². The van der Waals surface area contributed by atoms with Crippen molar-refractivity contribution in [1.82, 2.24) is 0 Å². The van der Waals surface area contributed by atoms with E-state index in [9.17, 15) is 4.79 Å². The van der Waals surface area contributed by atoms with E-state index in [1.165, 1.54) is 15.4 Å². The molecule has 0 aliphatic rings. The molecule has 2 aromatic rings. The Morgan fingerprint density at radius 2 is 1.77 bits per heavy atom. The van der Waals surface area contributed by atoms with Crippen molar-refractivity contribution < 1.29 is 9.69 Å². The molecule has 2 atom stereocenters. The van der Waals surface area contributed by atoms with Gasteiger partial charge in [0.2, 0.25) is 0 Å². The van der Waals surface area contributed by atoms with Gasteiger partial charge >= 0.3 is 0 Å². The number of hydrogen-bond donors (Lipinski definition) is 2. The summed E-state index contributed by atoms with van der Waals surface area (Å²) in [5.74, 6) is 0.0458. The van der Waals surface area contributed by atoms with Crippen LogP contribution >= 0.6 is 11.8 Å². The average Bonchev–Trinajstić information content (AvgIpc) is 2.55. The molecule has 0 saturated carbocycles. The van der Waals surface area contributed by atoms with Crippen LogP contribution in [0.2, 0.25) is 0 Å². The second-order valence-corrected chi connectivity index (χ2v) is 6.33. The lowest BCUT2D eigenvalue weighted by Crippen LogP contribution is -3.12. The maximum Gasteiger partial charge on any atom is 0.282 e. The number of hydrogen-bond acceptors (Lipinski definition) is 2. The molecular formula is C18H23N2OS+. The Kier molecular flexibility index (Phi) is 6.04. The first-order chi connectivity index (χ1) is 10.6. The molecule has 2 rings (SSSR count). The molecule has 1 amide bonds. The third kappa shape index (κ3) is 4.61. The van der Waals surface area contributed by atoms with Gasteiger partial charge in [0.1, 0.15) is 6.54 Å². The minimum absolute atomic E-state index is 0.0458. The molecule has 0 fully saturated rings. The molecule has 0 spiro atoms. The highest BCUT2D eigenvalue weighted by atomic mass is 32.2. The molecule has 1 unspecified atom stereocenters. The zero-order chi connectivity index (χ0) is 15.9. The lowest BCUT2D eigenvalue weighted by Gasteiger charge is -2.21. The first-order valence-corrected chi connectivity index (χ1v) is 8.64. The monoisotopic (exact) mass is 315 g/mol. The Labute approximate surface area is 136 Å². The number of carbonyl (C=O) groups excluding carboxylic acids is 1. The molecule has 0 radical (unpaired) electrons. The summed E-state index contributed by atoms with van der Waals surface area (Å²) in [5.41, 5.74) is 2.09. The fraction of sp³-hybridized carbons (Fsp3) is 0.278. The van der Waals surface area contributed by atoms with Crippen LogP contribution in [0.5, 0.6) is 0 Å². The number of carbonyl (C=O) groups is 1. The second-order valence-electron chi connectivity index (χ2n) is 5.45. The van der Waals surface area contributed by atoms with Crippen LogP contribution in [0.1, 0.15) is 12.5 Å². The molecule has 0 aromatic heterocycles. The zero-order valence-electron chi connectivity index (χ0n) is 13.3. The van der Waals surface area contributed by atoms with E-state index in [4.69, 9.17) is 0 Å². The van der Waals surface area contributed by atoms with Gasteiger partial charge in [-0.1, -0.05) is 30.3 Å².